The zero-order chi connectivity index (χ0) is 18.1. The van der Waals surface area contributed by atoms with Crippen LogP contribution in [0.4, 0.5) is 0 Å². The minimum atomic E-state index is 0.173. The maximum absolute atomic E-state index is 12.7. The SMILES string of the molecule is CCC(=O)c1c(CC)nn2c3ccccc3n(CCN3CCOCC3)c12. The largest absolute Gasteiger partial charge is 0.379 e. The Labute approximate surface area is 153 Å². The molecule has 3 heterocycles. The molecule has 0 N–H and O–H groups in total. The predicted molar refractivity (Wildman–Crippen MR) is 102 cm³/mol. The van der Waals surface area contributed by atoms with Crippen molar-refractivity contribution in [2.45, 2.75) is 33.2 Å². The van der Waals surface area contributed by atoms with E-state index in [0.29, 0.717) is 6.42 Å². The van der Waals surface area contributed by atoms with E-state index >= 15 is 0 Å². The third kappa shape index (κ3) is 2.83. The van der Waals surface area contributed by atoms with Crippen molar-refractivity contribution >= 4 is 22.5 Å². The zero-order valence-corrected chi connectivity index (χ0v) is 15.6. The molecule has 0 bridgehead atoms. The van der Waals surface area contributed by atoms with Crippen molar-refractivity contribution in [3.8, 4) is 0 Å². The summed E-state index contributed by atoms with van der Waals surface area (Å²) in [6.07, 6.45) is 1.26. The van der Waals surface area contributed by atoms with Crippen molar-refractivity contribution in [1.29, 1.82) is 0 Å². The summed E-state index contributed by atoms with van der Waals surface area (Å²) in [6, 6.07) is 8.28. The normalized spacial score (nSPS) is 15.9. The predicted octanol–water partition coefficient (Wildman–Crippen LogP) is 2.78. The van der Waals surface area contributed by atoms with E-state index < -0.39 is 0 Å². The smallest absolute Gasteiger partial charge is 0.168 e. The molecule has 6 heteroatoms. The molecule has 1 saturated heterocycles. The molecule has 0 aliphatic carbocycles. The first-order valence-electron chi connectivity index (χ1n) is 9.56. The van der Waals surface area contributed by atoms with E-state index in [4.69, 9.17) is 9.84 Å². The van der Waals surface area contributed by atoms with Gasteiger partial charge in [-0.2, -0.15) is 5.10 Å². The number of ether oxygens (including phenoxy) is 1. The summed E-state index contributed by atoms with van der Waals surface area (Å²) < 4.78 is 9.70. The number of rotatable bonds is 6. The highest BCUT2D eigenvalue weighted by atomic mass is 16.5. The lowest BCUT2D eigenvalue weighted by Gasteiger charge is -2.26. The van der Waals surface area contributed by atoms with Crippen LogP contribution in [-0.2, 0) is 17.7 Å². The van der Waals surface area contributed by atoms with Crippen LogP contribution in [0, 0.1) is 0 Å². The highest BCUT2D eigenvalue weighted by molar-refractivity contribution is 6.04. The van der Waals surface area contributed by atoms with E-state index in [1.165, 1.54) is 0 Å². The molecule has 1 fully saturated rings. The molecular formula is C20H26N4O2. The molecule has 1 aliphatic rings. The molecule has 6 nitrogen and oxygen atoms in total. The maximum atomic E-state index is 12.7. The van der Waals surface area contributed by atoms with Crippen LogP contribution >= 0.6 is 0 Å². The number of benzene rings is 1. The number of hydrogen-bond acceptors (Lipinski definition) is 4. The number of Topliss-reactive ketones (excluding diaryl/α,β-unsaturated/α-hetero) is 1. The molecular weight excluding hydrogens is 328 g/mol. The van der Waals surface area contributed by atoms with Gasteiger partial charge in [-0.1, -0.05) is 26.0 Å². The highest BCUT2D eigenvalue weighted by Gasteiger charge is 2.24. The molecule has 1 aromatic carbocycles. The fourth-order valence-electron chi connectivity index (χ4n) is 3.86. The number of hydrogen-bond donors (Lipinski definition) is 0. The Kier molecular flexibility index (Phi) is 4.78. The van der Waals surface area contributed by atoms with Gasteiger partial charge in [0.25, 0.3) is 0 Å². The minimum Gasteiger partial charge on any atom is -0.379 e. The molecule has 4 rings (SSSR count). The van der Waals surface area contributed by atoms with Gasteiger partial charge in [0.05, 0.1) is 35.5 Å². The van der Waals surface area contributed by atoms with Crippen molar-refractivity contribution in [3.05, 3.63) is 35.5 Å². The Hall–Kier alpha value is -2.18. The fourth-order valence-corrected chi connectivity index (χ4v) is 3.86. The van der Waals surface area contributed by atoms with Crippen LogP contribution in [0.1, 0.15) is 36.3 Å². The first kappa shape index (κ1) is 17.2. The average Bonchev–Trinajstić information content (AvgIpc) is 3.21. The van der Waals surface area contributed by atoms with Crippen molar-refractivity contribution in [3.63, 3.8) is 0 Å². The molecule has 2 aromatic heterocycles. The van der Waals surface area contributed by atoms with Gasteiger partial charge in [-0.05, 0) is 18.6 Å². The average molecular weight is 354 g/mol. The monoisotopic (exact) mass is 354 g/mol. The second-order valence-corrected chi connectivity index (χ2v) is 6.78. The summed E-state index contributed by atoms with van der Waals surface area (Å²) in [7, 11) is 0. The highest BCUT2D eigenvalue weighted by Crippen LogP contribution is 2.27. The summed E-state index contributed by atoms with van der Waals surface area (Å²) in [5.41, 5.74) is 4.85. The van der Waals surface area contributed by atoms with Crippen LogP contribution in [-0.4, -0.2) is 57.7 Å². The lowest BCUT2D eigenvalue weighted by molar-refractivity contribution is 0.0366. The van der Waals surface area contributed by atoms with Crippen molar-refractivity contribution in [2.75, 3.05) is 32.8 Å². The second-order valence-electron chi connectivity index (χ2n) is 6.78. The fraction of sp³-hybridized carbons (Fsp3) is 0.500. The summed E-state index contributed by atoms with van der Waals surface area (Å²) >= 11 is 0. The van der Waals surface area contributed by atoms with Crippen LogP contribution in [0.3, 0.4) is 0 Å². The number of ketones is 1. The van der Waals surface area contributed by atoms with Gasteiger partial charge in [-0.3, -0.25) is 9.69 Å². The minimum absolute atomic E-state index is 0.173. The van der Waals surface area contributed by atoms with Crippen LogP contribution in [0.2, 0.25) is 0 Å². The molecule has 3 aromatic rings. The zero-order valence-electron chi connectivity index (χ0n) is 15.6. The summed E-state index contributed by atoms with van der Waals surface area (Å²) in [6.45, 7) is 9.31. The molecule has 26 heavy (non-hydrogen) atoms. The lowest BCUT2D eigenvalue weighted by atomic mass is 10.1. The van der Waals surface area contributed by atoms with E-state index in [9.17, 15) is 4.79 Å². The van der Waals surface area contributed by atoms with Gasteiger partial charge < -0.3 is 9.30 Å². The number of para-hydroxylation sites is 2. The first-order chi connectivity index (χ1) is 12.7. The number of morpholine rings is 1. The molecule has 0 radical (unpaired) electrons. The Morgan fingerprint density at radius 2 is 1.85 bits per heavy atom. The molecule has 1 aliphatic heterocycles. The van der Waals surface area contributed by atoms with Crippen LogP contribution in [0.5, 0.6) is 0 Å². The van der Waals surface area contributed by atoms with Crippen LogP contribution in [0.25, 0.3) is 16.7 Å². The third-order valence-electron chi connectivity index (χ3n) is 5.27. The summed E-state index contributed by atoms with van der Waals surface area (Å²) in [5.74, 6) is 0.173. The van der Waals surface area contributed by atoms with Crippen molar-refractivity contribution in [1.82, 2.24) is 19.1 Å². The van der Waals surface area contributed by atoms with Gasteiger partial charge in [0.15, 0.2) is 5.78 Å². The third-order valence-corrected chi connectivity index (χ3v) is 5.27. The molecule has 0 saturated carbocycles. The van der Waals surface area contributed by atoms with Gasteiger partial charge in [-0.15, -0.1) is 0 Å². The quantitative estimate of drug-likeness (QED) is 0.639. The van der Waals surface area contributed by atoms with Crippen molar-refractivity contribution < 1.29 is 9.53 Å². The molecule has 138 valence electrons. The summed E-state index contributed by atoms with van der Waals surface area (Å²) in [4.78, 5) is 15.1. The van der Waals surface area contributed by atoms with Crippen LogP contribution < -0.4 is 0 Å². The number of aromatic nitrogens is 3. The Morgan fingerprint density at radius 3 is 2.54 bits per heavy atom. The number of carbonyl (C=O) groups excluding carboxylic acids is 1. The lowest BCUT2D eigenvalue weighted by Crippen LogP contribution is -2.38. The second kappa shape index (κ2) is 7.21. The number of nitrogens with zero attached hydrogens (tertiary/aromatic N) is 4. The molecule has 0 atom stereocenters. The van der Waals surface area contributed by atoms with E-state index in [1.54, 1.807) is 0 Å². The summed E-state index contributed by atoms with van der Waals surface area (Å²) in [5, 5.41) is 4.79. The number of fused-ring (bicyclic) bond motifs is 3. The Bertz CT molecular complexity index is 934. The van der Waals surface area contributed by atoms with Gasteiger partial charge >= 0.3 is 0 Å². The van der Waals surface area contributed by atoms with Crippen molar-refractivity contribution in [2.24, 2.45) is 0 Å². The van der Waals surface area contributed by atoms with E-state index in [0.717, 1.165) is 73.8 Å². The van der Waals surface area contributed by atoms with Gasteiger partial charge in [0, 0.05) is 32.6 Å². The topological polar surface area (TPSA) is 51.8 Å². The first-order valence-corrected chi connectivity index (χ1v) is 9.56. The Balaban J connectivity index is 1.84. The maximum Gasteiger partial charge on any atom is 0.168 e. The van der Waals surface area contributed by atoms with E-state index in [-0.39, 0.29) is 5.78 Å². The molecule has 0 spiro atoms. The Morgan fingerprint density at radius 1 is 1.12 bits per heavy atom. The van der Waals surface area contributed by atoms with Gasteiger partial charge in [0.2, 0.25) is 0 Å². The van der Waals surface area contributed by atoms with Crippen LogP contribution in [0.15, 0.2) is 24.3 Å². The van der Waals surface area contributed by atoms with E-state index in [2.05, 4.69) is 34.6 Å². The molecule has 0 unspecified atom stereocenters. The number of imidazole rings is 1. The van der Waals surface area contributed by atoms with Gasteiger partial charge in [-0.25, -0.2) is 4.52 Å². The van der Waals surface area contributed by atoms with Gasteiger partial charge in [0.1, 0.15) is 5.65 Å². The molecule has 0 amide bonds. The standard InChI is InChI=1S/C20H26N4O2/c1-3-15-19(18(25)4-2)20-23(10-9-22-11-13-26-14-12-22)16-7-5-6-8-17(16)24(20)21-15/h5-8H,3-4,9-14H2,1-2H3. The van der Waals surface area contributed by atoms with E-state index in [1.807, 2.05) is 17.5 Å². The number of aryl methyl sites for hydroxylation is 1. The number of carbonyl (C=O) groups is 1.